The minimum absolute atomic E-state index is 0. The molecule has 1 aliphatic rings. The van der Waals surface area contributed by atoms with Gasteiger partial charge in [-0.25, -0.2) is 0 Å². The molecule has 2 heteroatoms. The van der Waals surface area contributed by atoms with E-state index in [4.69, 9.17) is 0 Å². The zero-order valence-corrected chi connectivity index (χ0v) is 8.52. The van der Waals surface area contributed by atoms with Crippen molar-refractivity contribution in [3.05, 3.63) is 0 Å². The van der Waals surface area contributed by atoms with Gasteiger partial charge in [0.1, 0.15) is 0 Å². The van der Waals surface area contributed by atoms with Crippen LogP contribution in [0.5, 0.6) is 0 Å². The van der Waals surface area contributed by atoms with E-state index in [0.717, 1.165) is 0 Å². The first-order valence-corrected chi connectivity index (χ1v) is 5.16. The van der Waals surface area contributed by atoms with Crippen LogP contribution in [0.15, 0.2) is 0 Å². The van der Waals surface area contributed by atoms with Crippen molar-refractivity contribution in [2.75, 3.05) is 19.6 Å². The molecule has 0 spiro atoms. The molecule has 1 rings (SSSR count). The van der Waals surface area contributed by atoms with Gasteiger partial charge in [-0.2, -0.15) is 0 Å². The Labute approximate surface area is 76.9 Å². The number of rotatable bonds is 4. The van der Waals surface area contributed by atoms with Gasteiger partial charge in [0.25, 0.3) is 0 Å². The van der Waals surface area contributed by atoms with Gasteiger partial charge in [-0.1, -0.05) is 26.2 Å². The zero-order chi connectivity index (χ0) is 7.94. The molecule has 3 N–H and O–H groups in total. The molecule has 0 aromatic heterocycles. The van der Waals surface area contributed by atoms with Gasteiger partial charge in [-0.05, 0) is 38.9 Å². The monoisotopic (exact) mass is 172 g/mol. The molecular weight excluding hydrogens is 148 g/mol. The molecule has 2 nitrogen and oxygen atoms in total. The Morgan fingerprint density at radius 2 is 1.67 bits per heavy atom. The van der Waals surface area contributed by atoms with Gasteiger partial charge >= 0.3 is 0 Å². The van der Waals surface area contributed by atoms with Gasteiger partial charge in [-0.3, -0.25) is 0 Å². The zero-order valence-electron chi connectivity index (χ0n) is 8.52. The van der Waals surface area contributed by atoms with E-state index >= 15 is 0 Å². The standard InChI is InChI=1S/C10H21N.H3N/c1-2-3-5-8-11-9-6-4-7-10-11;/h2-10H2,1H3;1H3. The van der Waals surface area contributed by atoms with E-state index in [1.807, 2.05) is 0 Å². The summed E-state index contributed by atoms with van der Waals surface area (Å²) in [5, 5.41) is 0. The second kappa shape index (κ2) is 7.56. The highest BCUT2D eigenvalue weighted by Crippen LogP contribution is 2.09. The summed E-state index contributed by atoms with van der Waals surface area (Å²) >= 11 is 0. The van der Waals surface area contributed by atoms with E-state index in [1.165, 1.54) is 58.2 Å². The highest BCUT2D eigenvalue weighted by molar-refractivity contribution is 4.63. The van der Waals surface area contributed by atoms with Crippen molar-refractivity contribution < 1.29 is 0 Å². The molecule has 1 saturated heterocycles. The molecule has 1 heterocycles. The predicted molar refractivity (Wildman–Crippen MR) is 54.8 cm³/mol. The third-order valence-corrected chi connectivity index (χ3v) is 2.53. The second-order valence-corrected chi connectivity index (χ2v) is 3.61. The molecule has 0 unspecified atom stereocenters. The second-order valence-electron chi connectivity index (χ2n) is 3.61. The Hall–Kier alpha value is -0.0800. The van der Waals surface area contributed by atoms with E-state index in [9.17, 15) is 0 Å². The van der Waals surface area contributed by atoms with Crippen LogP contribution in [0.4, 0.5) is 0 Å². The molecule has 0 aromatic rings. The number of hydrogen-bond acceptors (Lipinski definition) is 2. The van der Waals surface area contributed by atoms with Crippen LogP contribution in [0.2, 0.25) is 0 Å². The first-order chi connectivity index (χ1) is 5.43. The Morgan fingerprint density at radius 1 is 1.00 bits per heavy atom. The van der Waals surface area contributed by atoms with Crippen molar-refractivity contribution in [3.63, 3.8) is 0 Å². The lowest BCUT2D eigenvalue weighted by Crippen LogP contribution is -2.30. The fourth-order valence-corrected chi connectivity index (χ4v) is 1.77. The molecule has 0 aromatic carbocycles. The molecule has 1 fully saturated rings. The highest BCUT2D eigenvalue weighted by Gasteiger charge is 2.08. The molecular formula is C10H24N2. The maximum atomic E-state index is 2.62. The minimum Gasteiger partial charge on any atom is -0.344 e. The summed E-state index contributed by atoms with van der Waals surface area (Å²) in [5.74, 6) is 0. The van der Waals surface area contributed by atoms with Crippen molar-refractivity contribution in [2.45, 2.75) is 45.4 Å². The number of nitrogens with zero attached hydrogens (tertiary/aromatic N) is 1. The van der Waals surface area contributed by atoms with Crippen LogP contribution in [0.1, 0.15) is 45.4 Å². The van der Waals surface area contributed by atoms with Gasteiger partial charge in [-0.15, -0.1) is 0 Å². The molecule has 0 atom stereocenters. The Kier molecular flexibility index (Phi) is 7.51. The normalized spacial score (nSPS) is 18.8. The van der Waals surface area contributed by atoms with Crippen LogP contribution < -0.4 is 6.15 Å². The van der Waals surface area contributed by atoms with Gasteiger partial charge in [0.05, 0.1) is 0 Å². The summed E-state index contributed by atoms with van der Waals surface area (Å²) in [6, 6.07) is 0. The molecule has 0 bridgehead atoms. The molecule has 0 aliphatic carbocycles. The summed E-state index contributed by atoms with van der Waals surface area (Å²) < 4.78 is 0. The van der Waals surface area contributed by atoms with E-state index in [1.54, 1.807) is 0 Å². The first kappa shape index (κ1) is 11.9. The fourth-order valence-electron chi connectivity index (χ4n) is 1.77. The third kappa shape index (κ3) is 4.73. The number of hydrogen-bond donors (Lipinski definition) is 1. The maximum absolute atomic E-state index is 2.62. The van der Waals surface area contributed by atoms with Gasteiger partial charge < -0.3 is 11.1 Å². The van der Waals surface area contributed by atoms with E-state index in [-0.39, 0.29) is 6.15 Å². The molecule has 12 heavy (non-hydrogen) atoms. The summed E-state index contributed by atoms with van der Waals surface area (Å²) in [4.78, 5) is 2.62. The van der Waals surface area contributed by atoms with Crippen molar-refractivity contribution in [3.8, 4) is 0 Å². The fraction of sp³-hybridized carbons (Fsp3) is 1.00. The van der Waals surface area contributed by atoms with Crippen LogP contribution in [0.25, 0.3) is 0 Å². The van der Waals surface area contributed by atoms with Crippen molar-refractivity contribution >= 4 is 0 Å². The highest BCUT2D eigenvalue weighted by atomic mass is 15.1. The summed E-state index contributed by atoms with van der Waals surface area (Å²) in [6.07, 6.45) is 8.52. The van der Waals surface area contributed by atoms with Crippen molar-refractivity contribution in [1.29, 1.82) is 0 Å². The van der Waals surface area contributed by atoms with E-state index < -0.39 is 0 Å². The van der Waals surface area contributed by atoms with Gasteiger partial charge in [0, 0.05) is 0 Å². The summed E-state index contributed by atoms with van der Waals surface area (Å²) in [5.41, 5.74) is 0. The average Bonchev–Trinajstić information content (AvgIpc) is 2.07. The number of unbranched alkanes of at least 4 members (excludes halogenated alkanes) is 2. The Bertz CT molecular complexity index is 87.8. The summed E-state index contributed by atoms with van der Waals surface area (Å²) in [7, 11) is 0. The third-order valence-electron chi connectivity index (χ3n) is 2.53. The quantitative estimate of drug-likeness (QED) is 0.662. The minimum atomic E-state index is 0. The van der Waals surface area contributed by atoms with Crippen LogP contribution in [-0.4, -0.2) is 24.5 Å². The SMILES string of the molecule is CCCCCN1CCCCC1.N. The van der Waals surface area contributed by atoms with Crippen LogP contribution in [-0.2, 0) is 0 Å². The van der Waals surface area contributed by atoms with Crippen LogP contribution in [0, 0.1) is 0 Å². The lowest BCUT2D eigenvalue weighted by Gasteiger charge is -2.26. The Morgan fingerprint density at radius 3 is 2.25 bits per heavy atom. The average molecular weight is 172 g/mol. The molecule has 0 amide bonds. The number of piperidine rings is 1. The maximum Gasteiger partial charge on any atom is -0.00187 e. The Balaban J connectivity index is 0.00000121. The van der Waals surface area contributed by atoms with E-state index in [0.29, 0.717) is 0 Å². The molecule has 74 valence electrons. The first-order valence-electron chi connectivity index (χ1n) is 5.16. The topological polar surface area (TPSA) is 38.2 Å². The largest absolute Gasteiger partial charge is 0.344 e. The van der Waals surface area contributed by atoms with Crippen LogP contribution in [0.3, 0.4) is 0 Å². The smallest absolute Gasteiger partial charge is 0.00187 e. The lowest BCUT2D eigenvalue weighted by atomic mass is 10.1. The van der Waals surface area contributed by atoms with Crippen LogP contribution >= 0.6 is 0 Å². The van der Waals surface area contributed by atoms with Crippen molar-refractivity contribution in [2.24, 2.45) is 0 Å². The van der Waals surface area contributed by atoms with Gasteiger partial charge in [0.2, 0.25) is 0 Å². The summed E-state index contributed by atoms with van der Waals surface area (Å²) in [6.45, 7) is 6.36. The number of likely N-dealkylation sites (tertiary alicyclic amines) is 1. The predicted octanol–water partition coefficient (Wildman–Crippen LogP) is 2.82. The van der Waals surface area contributed by atoms with Gasteiger partial charge in [0.15, 0.2) is 0 Å². The molecule has 0 saturated carbocycles. The molecule has 0 radical (unpaired) electrons. The van der Waals surface area contributed by atoms with E-state index in [2.05, 4.69) is 11.8 Å². The lowest BCUT2D eigenvalue weighted by molar-refractivity contribution is 0.224. The molecule has 1 aliphatic heterocycles. The van der Waals surface area contributed by atoms with Crippen molar-refractivity contribution in [1.82, 2.24) is 11.1 Å².